The molecular formula is C16H25FN2. The van der Waals surface area contributed by atoms with Gasteiger partial charge in [0.05, 0.1) is 0 Å². The predicted octanol–water partition coefficient (Wildman–Crippen LogP) is 3.48. The zero-order chi connectivity index (χ0) is 13.8. The summed E-state index contributed by atoms with van der Waals surface area (Å²) in [5.74, 6) is -0.202. The van der Waals surface area contributed by atoms with Crippen LogP contribution in [-0.4, -0.2) is 23.5 Å². The first-order valence-corrected chi connectivity index (χ1v) is 7.36. The number of hydrogen-bond acceptors (Lipinski definition) is 2. The number of hydrogen-bond donors (Lipinski definition) is 1. The molecule has 0 radical (unpaired) electrons. The Labute approximate surface area is 115 Å². The van der Waals surface area contributed by atoms with Crippen molar-refractivity contribution in [2.75, 3.05) is 6.54 Å². The topological polar surface area (TPSA) is 29.3 Å². The molecule has 2 N–H and O–H groups in total. The highest BCUT2D eigenvalue weighted by molar-refractivity contribution is 5.21. The number of likely N-dealkylation sites (tertiary alicyclic amines) is 1. The number of nitrogens with zero attached hydrogens (tertiary/aromatic N) is 1. The van der Waals surface area contributed by atoms with Crippen molar-refractivity contribution in [3.05, 3.63) is 35.6 Å². The summed E-state index contributed by atoms with van der Waals surface area (Å²) >= 11 is 0. The highest BCUT2D eigenvalue weighted by Crippen LogP contribution is 2.25. The lowest BCUT2D eigenvalue weighted by Crippen LogP contribution is -2.45. The minimum atomic E-state index is -0.202. The van der Waals surface area contributed by atoms with E-state index in [1.165, 1.54) is 37.8 Å². The Morgan fingerprint density at radius 2 is 1.89 bits per heavy atom. The Balaban J connectivity index is 2.08. The Morgan fingerprint density at radius 1 is 1.21 bits per heavy atom. The van der Waals surface area contributed by atoms with Gasteiger partial charge in [-0.25, -0.2) is 4.39 Å². The number of nitrogens with two attached hydrogens (primary N) is 1. The molecular weight excluding hydrogens is 239 g/mol. The van der Waals surface area contributed by atoms with E-state index in [2.05, 4.69) is 18.7 Å². The first-order chi connectivity index (χ1) is 9.09. The molecule has 1 aliphatic rings. The van der Waals surface area contributed by atoms with Gasteiger partial charge in [0.25, 0.3) is 0 Å². The lowest BCUT2D eigenvalue weighted by atomic mass is 9.98. The summed E-state index contributed by atoms with van der Waals surface area (Å²) in [4.78, 5) is 2.51. The zero-order valence-electron chi connectivity index (χ0n) is 12.0. The van der Waals surface area contributed by atoms with E-state index in [-0.39, 0.29) is 11.9 Å². The Bertz CT molecular complexity index is 390. The molecule has 1 heterocycles. The summed E-state index contributed by atoms with van der Waals surface area (Å²) < 4.78 is 13.0. The van der Waals surface area contributed by atoms with E-state index in [0.717, 1.165) is 12.1 Å². The van der Waals surface area contributed by atoms with Gasteiger partial charge >= 0.3 is 0 Å². The van der Waals surface area contributed by atoms with Gasteiger partial charge in [-0.05, 0) is 50.9 Å². The fraction of sp³-hybridized carbons (Fsp3) is 0.625. The molecule has 19 heavy (non-hydrogen) atoms. The molecule has 2 rings (SSSR count). The van der Waals surface area contributed by atoms with Crippen LogP contribution in [0.1, 0.15) is 51.1 Å². The summed E-state index contributed by atoms with van der Waals surface area (Å²) in [7, 11) is 0. The number of benzene rings is 1. The van der Waals surface area contributed by atoms with Gasteiger partial charge in [-0.1, -0.05) is 25.0 Å². The van der Waals surface area contributed by atoms with Gasteiger partial charge in [-0.15, -0.1) is 0 Å². The molecule has 0 aliphatic carbocycles. The maximum Gasteiger partial charge on any atom is 0.123 e. The Hall–Kier alpha value is -0.930. The molecule has 0 spiro atoms. The third kappa shape index (κ3) is 3.54. The summed E-state index contributed by atoms with van der Waals surface area (Å²) in [6.07, 6.45) is 5.14. The van der Waals surface area contributed by atoms with Crippen molar-refractivity contribution >= 4 is 0 Å². The Kier molecular flexibility index (Phi) is 4.94. The van der Waals surface area contributed by atoms with Gasteiger partial charge in [0, 0.05) is 18.1 Å². The van der Waals surface area contributed by atoms with Gasteiger partial charge in [0.1, 0.15) is 5.82 Å². The van der Waals surface area contributed by atoms with Crippen molar-refractivity contribution in [2.45, 2.75) is 57.7 Å². The first kappa shape index (κ1) is 14.5. The van der Waals surface area contributed by atoms with Crippen LogP contribution in [0.5, 0.6) is 0 Å². The minimum Gasteiger partial charge on any atom is -0.323 e. The number of rotatable bonds is 3. The summed E-state index contributed by atoms with van der Waals surface area (Å²) in [6, 6.07) is 7.42. The monoisotopic (exact) mass is 264 g/mol. The fourth-order valence-electron chi connectivity index (χ4n) is 3.07. The predicted molar refractivity (Wildman–Crippen MR) is 77.4 cm³/mol. The molecule has 1 saturated heterocycles. The van der Waals surface area contributed by atoms with E-state index < -0.39 is 0 Å². The summed E-state index contributed by atoms with van der Waals surface area (Å²) in [5, 5.41) is 0. The van der Waals surface area contributed by atoms with Crippen LogP contribution < -0.4 is 5.73 Å². The maximum atomic E-state index is 13.0. The van der Waals surface area contributed by atoms with Crippen molar-refractivity contribution in [1.29, 1.82) is 0 Å². The van der Waals surface area contributed by atoms with Crippen molar-refractivity contribution in [3.8, 4) is 0 Å². The van der Waals surface area contributed by atoms with Crippen LogP contribution >= 0.6 is 0 Å². The molecule has 1 aromatic carbocycles. The van der Waals surface area contributed by atoms with Crippen molar-refractivity contribution < 1.29 is 4.39 Å². The smallest absolute Gasteiger partial charge is 0.123 e. The van der Waals surface area contributed by atoms with Gasteiger partial charge in [0.2, 0.25) is 0 Å². The highest BCUT2D eigenvalue weighted by Gasteiger charge is 2.26. The Morgan fingerprint density at radius 3 is 2.58 bits per heavy atom. The third-order valence-corrected chi connectivity index (χ3v) is 4.40. The molecule has 3 atom stereocenters. The van der Waals surface area contributed by atoms with Crippen molar-refractivity contribution in [1.82, 2.24) is 4.90 Å². The van der Waals surface area contributed by atoms with Crippen molar-refractivity contribution in [2.24, 2.45) is 5.73 Å². The minimum absolute atomic E-state index is 0.0545. The lowest BCUT2D eigenvalue weighted by Gasteiger charge is -2.36. The quantitative estimate of drug-likeness (QED) is 0.905. The van der Waals surface area contributed by atoms with Crippen molar-refractivity contribution in [3.63, 3.8) is 0 Å². The molecule has 0 bridgehead atoms. The second-order valence-electron chi connectivity index (χ2n) is 5.75. The van der Waals surface area contributed by atoms with E-state index in [0.29, 0.717) is 12.1 Å². The summed E-state index contributed by atoms with van der Waals surface area (Å²) in [6.45, 7) is 5.60. The molecule has 0 saturated carbocycles. The average molecular weight is 264 g/mol. The lowest BCUT2D eigenvalue weighted by molar-refractivity contribution is 0.137. The third-order valence-electron chi connectivity index (χ3n) is 4.40. The van der Waals surface area contributed by atoms with Crippen LogP contribution in [0.15, 0.2) is 24.3 Å². The fourth-order valence-corrected chi connectivity index (χ4v) is 3.07. The second kappa shape index (κ2) is 6.49. The largest absolute Gasteiger partial charge is 0.323 e. The maximum absolute atomic E-state index is 13.0. The standard InChI is InChI=1S/C16H25FN2/c1-12-6-4-3-5-11-19(12)13(2)16(18)14-7-9-15(17)10-8-14/h7-10,12-13,16H,3-6,11,18H2,1-2H3. The SMILES string of the molecule is CC1CCCCCN1C(C)C(N)c1ccc(F)cc1. The van der Waals surface area contributed by atoms with Crippen LogP contribution in [0.25, 0.3) is 0 Å². The first-order valence-electron chi connectivity index (χ1n) is 7.36. The highest BCUT2D eigenvalue weighted by atomic mass is 19.1. The molecule has 1 aromatic rings. The van der Waals surface area contributed by atoms with E-state index in [1.807, 2.05) is 0 Å². The van der Waals surface area contributed by atoms with Crippen LogP contribution in [0, 0.1) is 5.82 Å². The van der Waals surface area contributed by atoms with E-state index in [1.54, 1.807) is 12.1 Å². The van der Waals surface area contributed by atoms with E-state index in [9.17, 15) is 4.39 Å². The van der Waals surface area contributed by atoms with Gasteiger partial charge in [-0.3, -0.25) is 4.90 Å². The van der Waals surface area contributed by atoms with Crippen LogP contribution in [-0.2, 0) is 0 Å². The number of halogens is 1. The van der Waals surface area contributed by atoms with Gasteiger partial charge < -0.3 is 5.73 Å². The average Bonchev–Trinajstić information content (AvgIpc) is 2.63. The molecule has 2 nitrogen and oxygen atoms in total. The van der Waals surface area contributed by atoms with E-state index in [4.69, 9.17) is 5.73 Å². The zero-order valence-corrected chi connectivity index (χ0v) is 12.0. The van der Waals surface area contributed by atoms with E-state index >= 15 is 0 Å². The molecule has 3 unspecified atom stereocenters. The molecule has 3 heteroatoms. The van der Waals surface area contributed by atoms with Crippen LogP contribution in [0.4, 0.5) is 4.39 Å². The molecule has 0 amide bonds. The molecule has 1 aliphatic heterocycles. The van der Waals surface area contributed by atoms with Gasteiger partial charge in [0.15, 0.2) is 0 Å². The molecule has 106 valence electrons. The molecule has 0 aromatic heterocycles. The second-order valence-corrected chi connectivity index (χ2v) is 5.75. The summed E-state index contributed by atoms with van der Waals surface area (Å²) in [5.41, 5.74) is 7.39. The molecule has 1 fully saturated rings. The van der Waals surface area contributed by atoms with Gasteiger partial charge in [-0.2, -0.15) is 0 Å². The van der Waals surface area contributed by atoms with Crippen LogP contribution in [0.2, 0.25) is 0 Å². The normalized spacial score (nSPS) is 24.7. The van der Waals surface area contributed by atoms with Crippen LogP contribution in [0.3, 0.4) is 0 Å².